The number of aryl methyl sites for hydroxylation is 1. The number of nitrogens with one attached hydrogen (secondary N) is 1. The molecule has 4 nitrogen and oxygen atoms in total. The fourth-order valence-corrected chi connectivity index (χ4v) is 2.63. The second-order valence-corrected chi connectivity index (χ2v) is 5.82. The van der Waals surface area contributed by atoms with Crippen molar-refractivity contribution in [1.82, 2.24) is 0 Å². The maximum Gasteiger partial charge on any atom is 0.227 e. The van der Waals surface area contributed by atoms with Crippen molar-refractivity contribution in [3.63, 3.8) is 0 Å². The molecule has 2 aromatic rings. The van der Waals surface area contributed by atoms with E-state index < -0.39 is 0 Å². The average molecular weight is 311 g/mol. The van der Waals surface area contributed by atoms with E-state index in [2.05, 4.69) is 5.32 Å². The van der Waals surface area contributed by atoms with Crippen LogP contribution in [0.2, 0.25) is 0 Å². The Morgan fingerprint density at radius 1 is 1.09 bits per heavy atom. The molecule has 0 bridgehead atoms. The number of anilines is 1. The lowest BCUT2D eigenvalue weighted by molar-refractivity contribution is -0.122. The molecule has 120 valence electrons. The molecule has 0 atom stereocenters. The van der Waals surface area contributed by atoms with Gasteiger partial charge in [0, 0.05) is 24.8 Å². The van der Waals surface area contributed by atoms with Crippen LogP contribution in [0, 0.1) is 12.8 Å². The van der Waals surface area contributed by atoms with Crippen LogP contribution < -0.4 is 10.1 Å². The number of amides is 1. The van der Waals surface area contributed by atoms with Gasteiger partial charge in [0.2, 0.25) is 5.91 Å². The Kier molecular flexibility index (Phi) is 4.93. The first kappa shape index (κ1) is 15.6. The Morgan fingerprint density at radius 2 is 1.83 bits per heavy atom. The van der Waals surface area contributed by atoms with Gasteiger partial charge in [0.05, 0.1) is 0 Å². The average Bonchev–Trinajstić information content (AvgIpc) is 2.57. The molecule has 0 unspecified atom stereocenters. The summed E-state index contributed by atoms with van der Waals surface area (Å²) < 4.78 is 11.1. The topological polar surface area (TPSA) is 47.6 Å². The Labute approximate surface area is 136 Å². The molecule has 3 rings (SSSR count). The molecule has 0 spiro atoms. The van der Waals surface area contributed by atoms with Gasteiger partial charge in [-0.05, 0) is 61.7 Å². The summed E-state index contributed by atoms with van der Waals surface area (Å²) in [6.45, 7) is 3.37. The highest BCUT2D eigenvalue weighted by Crippen LogP contribution is 2.24. The Morgan fingerprint density at radius 3 is 2.52 bits per heavy atom. The van der Waals surface area contributed by atoms with Gasteiger partial charge in [-0.1, -0.05) is 12.1 Å². The molecule has 0 aliphatic carbocycles. The zero-order valence-electron chi connectivity index (χ0n) is 13.2. The molecule has 23 heavy (non-hydrogen) atoms. The summed E-state index contributed by atoms with van der Waals surface area (Å²) >= 11 is 0. The molecular formula is C19H21NO3. The van der Waals surface area contributed by atoms with Crippen LogP contribution in [0.15, 0.2) is 48.5 Å². The van der Waals surface area contributed by atoms with E-state index in [-0.39, 0.29) is 11.8 Å². The lowest BCUT2D eigenvalue weighted by Crippen LogP contribution is -2.28. The predicted octanol–water partition coefficient (Wildman–Crippen LogP) is 4.15. The maximum absolute atomic E-state index is 12.2. The lowest BCUT2D eigenvalue weighted by Gasteiger charge is -2.21. The van der Waals surface area contributed by atoms with Gasteiger partial charge in [0.1, 0.15) is 11.5 Å². The number of ether oxygens (including phenoxy) is 2. The van der Waals surface area contributed by atoms with Crippen molar-refractivity contribution in [2.75, 3.05) is 18.5 Å². The van der Waals surface area contributed by atoms with Gasteiger partial charge in [-0.25, -0.2) is 0 Å². The summed E-state index contributed by atoms with van der Waals surface area (Å²) in [6.07, 6.45) is 1.58. The summed E-state index contributed by atoms with van der Waals surface area (Å²) in [6, 6.07) is 15.4. The third-order valence-electron chi connectivity index (χ3n) is 3.94. The molecule has 0 aromatic heterocycles. The molecular weight excluding hydrogens is 290 g/mol. The second kappa shape index (κ2) is 7.29. The van der Waals surface area contributed by atoms with E-state index in [0.29, 0.717) is 13.2 Å². The van der Waals surface area contributed by atoms with Crippen LogP contribution >= 0.6 is 0 Å². The standard InChI is InChI=1S/C19H21NO3/c1-14-3-2-4-18(13-14)23-17-7-5-16(6-8-17)20-19(21)15-9-11-22-12-10-15/h2-8,13,15H,9-12H2,1H3,(H,20,21). The molecule has 0 saturated carbocycles. The summed E-state index contributed by atoms with van der Waals surface area (Å²) in [5, 5.41) is 2.96. The van der Waals surface area contributed by atoms with Crippen molar-refractivity contribution in [1.29, 1.82) is 0 Å². The summed E-state index contributed by atoms with van der Waals surface area (Å²) in [7, 11) is 0. The zero-order valence-corrected chi connectivity index (χ0v) is 13.2. The summed E-state index contributed by atoms with van der Waals surface area (Å²) in [4.78, 5) is 12.2. The number of carbonyl (C=O) groups excluding carboxylic acids is 1. The van der Waals surface area contributed by atoms with Crippen LogP contribution in [0.3, 0.4) is 0 Å². The summed E-state index contributed by atoms with van der Waals surface area (Å²) in [5.74, 6) is 1.68. The molecule has 4 heteroatoms. The molecule has 1 aliphatic heterocycles. The fourth-order valence-electron chi connectivity index (χ4n) is 2.63. The van der Waals surface area contributed by atoms with Gasteiger partial charge in [-0.2, -0.15) is 0 Å². The quantitative estimate of drug-likeness (QED) is 0.922. The van der Waals surface area contributed by atoms with Gasteiger partial charge in [-0.15, -0.1) is 0 Å². The lowest BCUT2D eigenvalue weighted by atomic mass is 9.99. The van der Waals surface area contributed by atoms with E-state index >= 15 is 0 Å². The van der Waals surface area contributed by atoms with Crippen LogP contribution in [-0.4, -0.2) is 19.1 Å². The molecule has 1 fully saturated rings. The van der Waals surface area contributed by atoms with Crippen molar-refractivity contribution in [3.05, 3.63) is 54.1 Å². The largest absolute Gasteiger partial charge is 0.457 e. The van der Waals surface area contributed by atoms with Gasteiger partial charge < -0.3 is 14.8 Å². The Hall–Kier alpha value is -2.33. The first-order valence-electron chi connectivity index (χ1n) is 7.94. The third kappa shape index (κ3) is 4.33. The van der Waals surface area contributed by atoms with Crippen molar-refractivity contribution in [2.45, 2.75) is 19.8 Å². The molecule has 1 amide bonds. The van der Waals surface area contributed by atoms with Crippen LogP contribution in [0.4, 0.5) is 5.69 Å². The van der Waals surface area contributed by atoms with E-state index in [1.54, 1.807) is 0 Å². The molecule has 2 aromatic carbocycles. The minimum atomic E-state index is 0.0481. The Bertz CT molecular complexity index is 661. The SMILES string of the molecule is Cc1cccc(Oc2ccc(NC(=O)C3CCOCC3)cc2)c1. The summed E-state index contributed by atoms with van der Waals surface area (Å²) in [5.41, 5.74) is 1.95. The minimum absolute atomic E-state index is 0.0481. The van der Waals surface area contributed by atoms with E-state index in [1.807, 2.05) is 55.5 Å². The van der Waals surface area contributed by atoms with E-state index in [9.17, 15) is 4.79 Å². The van der Waals surface area contributed by atoms with Crippen LogP contribution in [-0.2, 0) is 9.53 Å². The number of rotatable bonds is 4. The maximum atomic E-state index is 12.2. The van der Waals surface area contributed by atoms with Crippen LogP contribution in [0.5, 0.6) is 11.5 Å². The van der Waals surface area contributed by atoms with Crippen LogP contribution in [0.1, 0.15) is 18.4 Å². The molecule has 1 saturated heterocycles. The zero-order chi connectivity index (χ0) is 16.1. The van der Waals surface area contributed by atoms with E-state index in [4.69, 9.17) is 9.47 Å². The first-order valence-corrected chi connectivity index (χ1v) is 7.94. The molecule has 1 heterocycles. The van der Waals surface area contributed by atoms with Gasteiger partial charge in [0.15, 0.2) is 0 Å². The highest BCUT2D eigenvalue weighted by molar-refractivity contribution is 5.92. The second-order valence-electron chi connectivity index (χ2n) is 5.82. The monoisotopic (exact) mass is 311 g/mol. The van der Waals surface area contributed by atoms with Crippen molar-refractivity contribution >= 4 is 11.6 Å². The number of benzene rings is 2. The van der Waals surface area contributed by atoms with Crippen molar-refractivity contribution < 1.29 is 14.3 Å². The Balaban J connectivity index is 1.59. The third-order valence-corrected chi connectivity index (χ3v) is 3.94. The molecule has 1 aliphatic rings. The van der Waals surface area contributed by atoms with Gasteiger partial charge in [-0.3, -0.25) is 4.79 Å². The van der Waals surface area contributed by atoms with Crippen molar-refractivity contribution in [3.8, 4) is 11.5 Å². The fraction of sp³-hybridized carbons (Fsp3) is 0.316. The predicted molar refractivity (Wildman–Crippen MR) is 89.9 cm³/mol. The number of carbonyl (C=O) groups is 1. The van der Waals surface area contributed by atoms with Crippen molar-refractivity contribution in [2.24, 2.45) is 5.92 Å². The minimum Gasteiger partial charge on any atom is -0.457 e. The normalized spacial score (nSPS) is 15.2. The number of hydrogen-bond acceptors (Lipinski definition) is 3. The van der Waals surface area contributed by atoms with Gasteiger partial charge in [0.25, 0.3) is 0 Å². The van der Waals surface area contributed by atoms with E-state index in [0.717, 1.165) is 35.6 Å². The first-order chi connectivity index (χ1) is 11.2. The highest BCUT2D eigenvalue weighted by atomic mass is 16.5. The number of hydrogen-bond donors (Lipinski definition) is 1. The van der Waals surface area contributed by atoms with E-state index in [1.165, 1.54) is 0 Å². The van der Waals surface area contributed by atoms with Gasteiger partial charge >= 0.3 is 0 Å². The highest BCUT2D eigenvalue weighted by Gasteiger charge is 2.21. The molecule has 0 radical (unpaired) electrons. The van der Waals surface area contributed by atoms with Crippen LogP contribution in [0.25, 0.3) is 0 Å². The smallest absolute Gasteiger partial charge is 0.227 e. The molecule has 1 N–H and O–H groups in total.